The summed E-state index contributed by atoms with van der Waals surface area (Å²) in [5.74, 6) is 0.916. The zero-order chi connectivity index (χ0) is 14.3. The molecule has 0 radical (unpaired) electrons. The summed E-state index contributed by atoms with van der Waals surface area (Å²) in [6.07, 6.45) is 1.79. The van der Waals surface area contributed by atoms with Crippen LogP contribution in [0.1, 0.15) is 30.8 Å². The second-order valence-corrected chi connectivity index (χ2v) is 5.66. The van der Waals surface area contributed by atoms with Crippen molar-refractivity contribution in [2.45, 2.75) is 26.2 Å². The lowest BCUT2D eigenvalue weighted by atomic mass is 9.84. The molecule has 102 valence electrons. The molecule has 4 nitrogen and oxygen atoms in total. The fourth-order valence-electron chi connectivity index (χ4n) is 2.37. The summed E-state index contributed by atoms with van der Waals surface area (Å²) in [4.78, 5) is 12.4. The predicted molar refractivity (Wildman–Crippen MR) is 81.6 cm³/mol. The highest BCUT2D eigenvalue weighted by Gasteiger charge is 2.27. The van der Waals surface area contributed by atoms with E-state index in [1.165, 1.54) is 5.56 Å². The van der Waals surface area contributed by atoms with Crippen LogP contribution < -0.4 is 5.73 Å². The van der Waals surface area contributed by atoms with Gasteiger partial charge in [-0.25, -0.2) is 9.97 Å². The number of aryl methyl sites for hydroxylation is 1. The first-order valence-corrected chi connectivity index (χ1v) is 6.66. The molecule has 20 heavy (non-hydrogen) atoms. The van der Waals surface area contributed by atoms with E-state index in [1.807, 2.05) is 30.3 Å². The molecule has 3 N–H and O–H groups in total. The molecule has 0 saturated carbocycles. The molecule has 0 fully saturated rings. The third-order valence-corrected chi connectivity index (χ3v) is 3.82. The number of pyridine rings is 1. The Balaban J connectivity index is 2.13. The Hall–Kier alpha value is -2.36. The first kappa shape index (κ1) is 12.7. The zero-order valence-electron chi connectivity index (χ0n) is 11.9. The minimum Gasteiger partial charge on any atom is -0.399 e. The summed E-state index contributed by atoms with van der Waals surface area (Å²) in [6.45, 7) is 6.35. The molecular weight excluding hydrogens is 248 g/mol. The molecule has 4 heteroatoms. The lowest BCUT2D eigenvalue weighted by Gasteiger charge is -2.22. The van der Waals surface area contributed by atoms with E-state index in [9.17, 15) is 0 Å². The van der Waals surface area contributed by atoms with Crippen LogP contribution in [-0.4, -0.2) is 15.0 Å². The van der Waals surface area contributed by atoms with Gasteiger partial charge in [-0.3, -0.25) is 0 Å². The Labute approximate surface area is 118 Å². The molecule has 0 amide bonds. The molecule has 2 aromatic heterocycles. The number of aromatic nitrogens is 3. The Kier molecular flexibility index (Phi) is 2.74. The Morgan fingerprint density at radius 1 is 1.10 bits per heavy atom. The van der Waals surface area contributed by atoms with Crippen molar-refractivity contribution in [2.75, 3.05) is 5.73 Å². The lowest BCUT2D eigenvalue weighted by molar-refractivity contribution is 0.601. The summed E-state index contributed by atoms with van der Waals surface area (Å²) in [7, 11) is 0. The number of nitrogens with zero attached hydrogens (tertiary/aromatic N) is 2. The number of anilines is 1. The van der Waals surface area contributed by atoms with Crippen LogP contribution in [0, 0.1) is 6.92 Å². The SMILES string of the molecule is Cc1ccnc2nc(C(C)(C)c3ccc(N)cc3)[nH]c12. The predicted octanol–water partition coefficient (Wildman–Crippen LogP) is 3.17. The van der Waals surface area contributed by atoms with E-state index >= 15 is 0 Å². The Bertz CT molecular complexity index is 754. The van der Waals surface area contributed by atoms with Crippen LogP contribution in [0.25, 0.3) is 11.2 Å². The van der Waals surface area contributed by atoms with Crippen molar-refractivity contribution >= 4 is 16.9 Å². The minimum absolute atomic E-state index is 0.221. The van der Waals surface area contributed by atoms with E-state index < -0.39 is 0 Å². The van der Waals surface area contributed by atoms with Crippen LogP contribution >= 0.6 is 0 Å². The van der Waals surface area contributed by atoms with Crippen LogP contribution in [0.4, 0.5) is 5.69 Å². The number of H-pyrrole nitrogens is 1. The number of rotatable bonds is 2. The topological polar surface area (TPSA) is 67.6 Å². The maximum absolute atomic E-state index is 5.76. The van der Waals surface area contributed by atoms with Crippen molar-refractivity contribution in [3.8, 4) is 0 Å². The van der Waals surface area contributed by atoms with E-state index in [0.717, 1.165) is 28.2 Å². The van der Waals surface area contributed by atoms with Crippen LogP contribution in [0.3, 0.4) is 0 Å². The van der Waals surface area contributed by atoms with E-state index in [-0.39, 0.29) is 5.41 Å². The van der Waals surface area contributed by atoms with Crippen molar-refractivity contribution in [1.29, 1.82) is 0 Å². The van der Waals surface area contributed by atoms with Gasteiger partial charge in [0.2, 0.25) is 0 Å². The number of nitrogens with one attached hydrogen (secondary N) is 1. The number of fused-ring (bicyclic) bond motifs is 1. The highest BCUT2D eigenvalue weighted by atomic mass is 15.0. The van der Waals surface area contributed by atoms with E-state index in [2.05, 4.69) is 35.7 Å². The third-order valence-electron chi connectivity index (χ3n) is 3.82. The zero-order valence-corrected chi connectivity index (χ0v) is 11.9. The summed E-state index contributed by atoms with van der Waals surface area (Å²) in [6, 6.07) is 9.92. The largest absolute Gasteiger partial charge is 0.399 e. The van der Waals surface area contributed by atoms with Crippen LogP contribution in [0.5, 0.6) is 0 Å². The van der Waals surface area contributed by atoms with Crippen molar-refractivity contribution < 1.29 is 0 Å². The van der Waals surface area contributed by atoms with Gasteiger partial charge in [0.15, 0.2) is 5.65 Å². The number of hydrogen-bond acceptors (Lipinski definition) is 3. The summed E-state index contributed by atoms with van der Waals surface area (Å²) in [5, 5.41) is 0. The van der Waals surface area contributed by atoms with Gasteiger partial charge in [-0.15, -0.1) is 0 Å². The van der Waals surface area contributed by atoms with Gasteiger partial charge in [0.05, 0.1) is 5.52 Å². The number of aromatic amines is 1. The standard InChI is InChI=1S/C16H18N4/c1-10-8-9-18-14-13(10)19-15(20-14)16(2,3)11-4-6-12(17)7-5-11/h4-9H,17H2,1-3H3,(H,18,19,20). The molecular formula is C16H18N4. The average Bonchev–Trinajstić information content (AvgIpc) is 2.85. The summed E-state index contributed by atoms with van der Waals surface area (Å²) in [5.41, 5.74) is 10.4. The number of nitrogens with two attached hydrogens (primary N) is 1. The molecule has 2 heterocycles. The molecule has 0 unspecified atom stereocenters. The van der Waals surface area contributed by atoms with E-state index in [0.29, 0.717) is 0 Å². The van der Waals surface area contributed by atoms with Crippen molar-refractivity contribution in [1.82, 2.24) is 15.0 Å². The molecule has 0 bridgehead atoms. The van der Waals surface area contributed by atoms with Crippen LogP contribution in [-0.2, 0) is 5.41 Å². The molecule has 3 aromatic rings. The molecule has 0 saturated heterocycles. The van der Waals surface area contributed by atoms with Crippen molar-refractivity contribution in [3.05, 3.63) is 53.5 Å². The van der Waals surface area contributed by atoms with Gasteiger partial charge >= 0.3 is 0 Å². The number of benzene rings is 1. The fraction of sp³-hybridized carbons (Fsp3) is 0.250. The average molecular weight is 266 g/mol. The highest BCUT2D eigenvalue weighted by Crippen LogP contribution is 2.31. The number of nitrogen functional groups attached to an aromatic ring is 1. The van der Waals surface area contributed by atoms with E-state index in [1.54, 1.807) is 6.20 Å². The first-order valence-electron chi connectivity index (χ1n) is 6.66. The van der Waals surface area contributed by atoms with Gasteiger partial charge < -0.3 is 10.7 Å². The normalized spacial score (nSPS) is 11.9. The van der Waals surface area contributed by atoms with Gasteiger partial charge in [-0.2, -0.15) is 0 Å². The molecule has 0 aliphatic rings. The van der Waals surface area contributed by atoms with Gasteiger partial charge in [0.1, 0.15) is 5.82 Å². The van der Waals surface area contributed by atoms with E-state index in [4.69, 9.17) is 5.73 Å². The maximum atomic E-state index is 5.76. The monoisotopic (exact) mass is 266 g/mol. The van der Waals surface area contributed by atoms with Gasteiger partial charge in [-0.1, -0.05) is 12.1 Å². The van der Waals surface area contributed by atoms with Crippen LogP contribution in [0.2, 0.25) is 0 Å². The van der Waals surface area contributed by atoms with Crippen molar-refractivity contribution in [3.63, 3.8) is 0 Å². The molecule has 1 aromatic carbocycles. The lowest BCUT2D eigenvalue weighted by Crippen LogP contribution is -2.20. The molecule has 0 spiro atoms. The second-order valence-electron chi connectivity index (χ2n) is 5.66. The Morgan fingerprint density at radius 3 is 2.45 bits per heavy atom. The van der Waals surface area contributed by atoms with Gasteiger partial charge in [0, 0.05) is 17.3 Å². The smallest absolute Gasteiger partial charge is 0.177 e. The number of hydrogen-bond donors (Lipinski definition) is 2. The van der Waals surface area contributed by atoms with Crippen LogP contribution in [0.15, 0.2) is 36.5 Å². The first-order chi connectivity index (χ1) is 9.48. The molecule has 0 atom stereocenters. The summed E-state index contributed by atoms with van der Waals surface area (Å²) >= 11 is 0. The summed E-state index contributed by atoms with van der Waals surface area (Å²) < 4.78 is 0. The molecule has 0 aliphatic carbocycles. The fourth-order valence-corrected chi connectivity index (χ4v) is 2.37. The van der Waals surface area contributed by atoms with Crippen molar-refractivity contribution in [2.24, 2.45) is 0 Å². The highest BCUT2D eigenvalue weighted by molar-refractivity contribution is 5.74. The Morgan fingerprint density at radius 2 is 1.80 bits per heavy atom. The third kappa shape index (κ3) is 1.93. The van der Waals surface area contributed by atoms with Gasteiger partial charge in [0.25, 0.3) is 0 Å². The molecule has 0 aliphatic heterocycles. The minimum atomic E-state index is -0.221. The van der Waals surface area contributed by atoms with Gasteiger partial charge in [-0.05, 0) is 50.1 Å². The molecule has 3 rings (SSSR count). The quantitative estimate of drug-likeness (QED) is 0.700. The second kappa shape index (κ2) is 4.34. The maximum Gasteiger partial charge on any atom is 0.177 e. The number of imidazole rings is 1.